The Labute approximate surface area is 125 Å². The normalized spacial score (nSPS) is 11.0. The standard InChI is InChI=1S/C14H12N4O4/c1-10(11-6-3-2-4-7-11)15-16-12-8-5-9-13(17(19)20)14(12)18(21)22/h2-9,16H,1H3. The summed E-state index contributed by atoms with van der Waals surface area (Å²) >= 11 is 0. The first kappa shape index (κ1) is 15.1. The molecule has 0 radical (unpaired) electrons. The molecule has 2 aromatic carbocycles. The van der Waals surface area contributed by atoms with Crippen LogP contribution in [0.2, 0.25) is 0 Å². The van der Waals surface area contributed by atoms with E-state index in [1.54, 1.807) is 6.92 Å². The molecule has 0 amide bonds. The number of nitrogens with zero attached hydrogens (tertiary/aromatic N) is 3. The molecule has 0 heterocycles. The van der Waals surface area contributed by atoms with Crippen molar-refractivity contribution in [1.29, 1.82) is 0 Å². The van der Waals surface area contributed by atoms with E-state index in [1.165, 1.54) is 12.1 Å². The van der Waals surface area contributed by atoms with Gasteiger partial charge in [0.1, 0.15) is 5.69 Å². The molecule has 2 aromatic rings. The van der Waals surface area contributed by atoms with Gasteiger partial charge in [0.05, 0.1) is 15.6 Å². The molecule has 0 aliphatic rings. The van der Waals surface area contributed by atoms with Crippen molar-refractivity contribution in [2.45, 2.75) is 6.92 Å². The zero-order valence-corrected chi connectivity index (χ0v) is 11.6. The second-order valence-corrected chi connectivity index (χ2v) is 4.36. The Hall–Kier alpha value is -3.29. The molecule has 0 saturated carbocycles. The summed E-state index contributed by atoms with van der Waals surface area (Å²) in [4.78, 5) is 20.4. The lowest BCUT2D eigenvalue weighted by Gasteiger charge is -2.04. The predicted octanol–water partition coefficient (Wildman–Crippen LogP) is 3.34. The number of anilines is 1. The highest BCUT2D eigenvalue weighted by Gasteiger charge is 2.28. The van der Waals surface area contributed by atoms with Gasteiger partial charge in [0.25, 0.3) is 0 Å². The maximum absolute atomic E-state index is 11.1. The first-order valence-electron chi connectivity index (χ1n) is 6.28. The summed E-state index contributed by atoms with van der Waals surface area (Å²) in [5.74, 6) is 0. The molecule has 0 bridgehead atoms. The van der Waals surface area contributed by atoms with E-state index in [1.807, 2.05) is 30.3 Å². The van der Waals surface area contributed by atoms with Gasteiger partial charge in [-0.15, -0.1) is 0 Å². The molecule has 8 heteroatoms. The van der Waals surface area contributed by atoms with Gasteiger partial charge >= 0.3 is 11.4 Å². The van der Waals surface area contributed by atoms with E-state index < -0.39 is 21.2 Å². The number of nitro benzene ring substituents is 2. The predicted molar refractivity (Wildman–Crippen MR) is 82.0 cm³/mol. The summed E-state index contributed by atoms with van der Waals surface area (Å²) in [6.07, 6.45) is 0. The Kier molecular flexibility index (Phi) is 4.42. The topological polar surface area (TPSA) is 111 Å². The second kappa shape index (κ2) is 6.44. The minimum atomic E-state index is -0.798. The van der Waals surface area contributed by atoms with E-state index in [0.717, 1.165) is 11.6 Å². The molecule has 112 valence electrons. The van der Waals surface area contributed by atoms with E-state index in [-0.39, 0.29) is 5.69 Å². The average Bonchev–Trinajstić information content (AvgIpc) is 2.52. The van der Waals surface area contributed by atoms with Crippen LogP contribution < -0.4 is 5.43 Å². The van der Waals surface area contributed by atoms with Crippen LogP contribution in [0.4, 0.5) is 17.1 Å². The van der Waals surface area contributed by atoms with Crippen LogP contribution in [0.1, 0.15) is 12.5 Å². The minimum absolute atomic E-state index is 0.0329. The molecule has 1 N–H and O–H groups in total. The highest BCUT2D eigenvalue weighted by atomic mass is 16.6. The largest absolute Gasteiger partial charge is 0.370 e. The molecule has 0 aromatic heterocycles. The molecule has 0 atom stereocenters. The highest BCUT2D eigenvalue weighted by Crippen LogP contribution is 2.34. The van der Waals surface area contributed by atoms with Crippen LogP contribution in [-0.2, 0) is 0 Å². The van der Waals surface area contributed by atoms with Gasteiger partial charge in [-0.05, 0) is 18.6 Å². The summed E-state index contributed by atoms with van der Waals surface area (Å²) in [6.45, 7) is 1.73. The minimum Gasteiger partial charge on any atom is -0.271 e. The third-order valence-corrected chi connectivity index (χ3v) is 2.93. The Morgan fingerprint density at radius 2 is 1.68 bits per heavy atom. The number of nitro groups is 2. The fourth-order valence-corrected chi connectivity index (χ4v) is 1.85. The summed E-state index contributed by atoms with van der Waals surface area (Å²) < 4.78 is 0. The van der Waals surface area contributed by atoms with Gasteiger partial charge in [-0.1, -0.05) is 36.4 Å². The van der Waals surface area contributed by atoms with Crippen molar-refractivity contribution in [1.82, 2.24) is 0 Å². The van der Waals surface area contributed by atoms with Crippen molar-refractivity contribution in [3.63, 3.8) is 0 Å². The number of nitrogens with one attached hydrogen (secondary N) is 1. The fraction of sp³-hybridized carbons (Fsp3) is 0.0714. The molecule has 0 aliphatic carbocycles. The summed E-state index contributed by atoms with van der Waals surface area (Å²) in [5.41, 5.74) is 2.74. The van der Waals surface area contributed by atoms with Gasteiger partial charge in [-0.25, -0.2) is 0 Å². The van der Waals surface area contributed by atoms with Crippen LogP contribution in [0, 0.1) is 20.2 Å². The van der Waals surface area contributed by atoms with Gasteiger partial charge in [-0.3, -0.25) is 25.7 Å². The van der Waals surface area contributed by atoms with Crippen LogP contribution in [-0.4, -0.2) is 15.6 Å². The number of para-hydroxylation sites is 1. The first-order chi connectivity index (χ1) is 10.5. The van der Waals surface area contributed by atoms with Crippen molar-refractivity contribution in [3.05, 3.63) is 74.3 Å². The molecule has 22 heavy (non-hydrogen) atoms. The third-order valence-electron chi connectivity index (χ3n) is 2.93. The molecule has 0 unspecified atom stereocenters. The van der Waals surface area contributed by atoms with Crippen LogP contribution in [0.15, 0.2) is 53.6 Å². The molecule has 0 fully saturated rings. The molecule has 0 aliphatic heterocycles. The molecule has 0 spiro atoms. The Bertz CT molecular complexity index is 744. The maximum Gasteiger partial charge on any atom is 0.370 e. The van der Waals surface area contributed by atoms with Crippen LogP contribution in [0.5, 0.6) is 0 Å². The van der Waals surface area contributed by atoms with Crippen LogP contribution in [0.25, 0.3) is 0 Å². The van der Waals surface area contributed by atoms with Gasteiger partial charge < -0.3 is 0 Å². The zero-order valence-electron chi connectivity index (χ0n) is 11.6. The van der Waals surface area contributed by atoms with E-state index >= 15 is 0 Å². The van der Waals surface area contributed by atoms with Gasteiger partial charge in [0.15, 0.2) is 0 Å². The maximum atomic E-state index is 11.1. The number of hydrogen-bond donors (Lipinski definition) is 1. The number of hydrazone groups is 1. The lowest BCUT2D eigenvalue weighted by Crippen LogP contribution is -2.03. The van der Waals surface area contributed by atoms with Crippen molar-refractivity contribution < 1.29 is 9.85 Å². The number of benzene rings is 2. The second-order valence-electron chi connectivity index (χ2n) is 4.36. The van der Waals surface area contributed by atoms with Gasteiger partial charge in [0, 0.05) is 6.07 Å². The van der Waals surface area contributed by atoms with Crippen LogP contribution >= 0.6 is 0 Å². The highest BCUT2D eigenvalue weighted by molar-refractivity contribution is 5.99. The monoisotopic (exact) mass is 300 g/mol. The van der Waals surface area contributed by atoms with Gasteiger partial charge in [-0.2, -0.15) is 5.10 Å². The summed E-state index contributed by atoms with van der Waals surface area (Å²) in [5, 5.41) is 26.0. The Morgan fingerprint density at radius 3 is 2.27 bits per heavy atom. The molecule has 2 rings (SSSR count). The summed E-state index contributed by atoms with van der Waals surface area (Å²) in [7, 11) is 0. The molecular formula is C14H12N4O4. The first-order valence-corrected chi connectivity index (χ1v) is 6.28. The van der Waals surface area contributed by atoms with Crippen molar-refractivity contribution in [2.75, 3.05) is 5.43 Å². The van der Waals surface area contributed by atoms with E-state index in [4.69, 9.17) is 0 Å². The van der Waals surface area contributed by atoms with Crippen LogP contribution in [0.3, 0.4) is 0 Å². The van der Waals surface area contributed by atoms with E-state index in [0.29, 0.717) is 5.71 Å². The average molecular weight is 300 g/mol. The summed E-state index contributed by atoms with van der Waals surface area (Å²) in [6, 6.07) is 13.0. The zero-order chi connectivity index (χ0) is 16.1. The SMILES string of the molecule is CC(=NNc1cccc([N+](=O)[O-])c1[N+](=O)[O-])c1ccccc1. The van der Waals surface area contributed by atoms with Crippen molar-refractivity contribution in [2.24, 2.45) is 5.10 Å². The fourth-order valence-electron chi connectivity index (χ4n) is 1.85. The van der Waals surface area contributed by atoms with Crippen molar-refractivity contribution in [3.8, 4) is 0 Å². The lowest BCUT2D eigenvalue weighted by molar-refractivity contribution is -0.421. The number of hydrogen-bond acceptors (Lipinski definition) is 6. The molecule has 0 saturated heterocycles. The lowest BCUT2D eigenvalue weighted by atomic mass is 10.1. The molecular weight excluding hydrogens is 288 g/mol. The van der Waals surface area contributed by atoms with Gasteiger partial charge in [0.2, 0.25) is 0 Å². The quantitative estimate of drug-likeness (QED) is 0.517. The van der Waals surface area contributed by atoms with E-state index in [2.05, 4.69) is 10.5 Å². The Morgan fingerprint density at radius 1 is 1.00 bits per heavy atom. The third kappa shape index (κ3) is 3.23. The van der Waals surface area contributed by atoms with E-state index in [9.17, 15) is 20.2 Å². The van der Waals surface area contributed by atoms with Crippen molar-refractivity contribution >= 4 is 22.8 Å². The Balaban J connectivity index is 2.36. The molecule has 8 nitrogen and oxygen atoms in total. The smallest absolute Gasteiger partial charge is 0.271 e. The number of rotatable bonds is 5.